The summed E-state index contributed by atoms with van der Waals surface area (Å²) in [5.41, 5.74) is 0.786. The van der Waals surface area contributed by atoms with Crippen molar-refractivity contribution < 1.29 is 4.79 Å². The molecule has 6 nitrogen and oxygen atoms in total. The van der Waals surface area contributed by atoms with Crippen LogP contribution in [0.15, 0.2) is 24.5 Å². The van der Waals surface area contributed by atoms with Crippen molar-refractivity contribution in [2.24, 2.45) is 5.92 Å². The van der Waals surface area contributed by atoms with Crippen molar-refractivity contribution in [1.82, 2.24) is 19.9 Å². The van der Waals surface area contributed by atoms with Gasteiger partial charge in [-0.1, -0.05) is 13.8 Å². The Hall–Kier alpha value is -2.11. The number of rotatable bonds is 6. The van der Waals surface area contributed by atoms with Gasteiger partial charge in [-0.15, -0.1) is 0 Å². The molecule has 0 radical (unpaired) electrons. The van der Waals surface area contributed by atoms with Gasteiger partial charge in [-0.3, -0.25) is 4.79 Å². The normalized spacial score (nSPS) is 10.9. The third-order valence-corrected chi connectivity index (χ3v) is 2.62. The van der Waals surface area contributed by atoms with Crippen molar-refractivity contribution in [2.45, 2.75) is 20.3 Å². The highest BCUT2D eigenvalue weighted by Crippen LogP contribution is 2.05. The molecule has 1 amide bonds. The lowest BCUT2D eigenvalue weighted by Gasteiger charge is -2.08. The van der Waals surface area contributed by atoms with Gasteiger partial charge in [-0.2, -0.15) is 5.10 Å². The number of anilines is 1. The van der Waals surface area contributed by atoms with E-state index in [1.807, 2.05) is 18.3 Å². The fraction of sp³-hybridized carbons (Fsp3) is 0.462. The van der Waals surface area contributed by atoms with E-state index in [1.165, 1.54) is 0 Å². The Morgan fingerprint density at radius 2 is 2.26 bits per heavy atom. The topological polar surface area (TPSA) is 71.3 Å². The van der Waals surface area contributed by atoms with Crippen LogP contribution in [0, 0.1) is 5.92 Å². The van der Waals surface area contributed by atoms with Gasteiger partial charge in [-0.05, 0) is 12.0 Å². The number of nitrogens with zero attached hydrogens (tertiary/aromatic N) is 3. The molecule has 102 valence electrons. The summed E-state index contributed by atoms with van der Waals surface area (Å²) in [5, 5.41) is 10.1. The minimum atomic E-state index is 0.0617. The van der Waals surface area contributed by atoms with E-state index in [2.05, 4.69) is 34.6 Å². The minimum absolute atomic E-state index is 0.0617. The minimum Gasteiger partial charge on any atom is -0.369 e. The van der Waals surface area contributed by atoms with Crippen LogP contribution in [0.4, 0.5) is 5.82 Å². The predicted octanol–water partition coefficient (Wildman–Crippen LogP) is 1.30. The highest BCUT2D eigenvalue weighted by atomic mass is 16.1. The first-order valence-electron chi connectivity index (χ1n) is 6.46. The van der Waals surface area contributed by atoms with Crippen LogP contribution in [-0.4, -0.2) is 33.6 Å². The number of hydrogen-bond acceptors (Lipinski definition) is 4. The van der Waals surface area contributed by atoms with Crippen LogP contribution >= 0.6 is 0 Å². The van der Waals surface area contributed by atoms with E-state index in [0.717, 1.165) is 18.0 Å². The molecule has 0 atom stereocenters. The molecule has 0 bridgehead atoms. The van der Waals surface area contributed by atoms with Crippen LogP contribution in [0.5, 0.6) is 0 Å². The first-order valence-corrected chi connectivity index (χ1v) is 6.46. The van der Waals surface area contributed by atoms with Crippen molar-refractivity contribution in [3.63, 3.8) is 0 Å². The summed E-state index contributed by atoms with van der Waals surface area (Å²) in [4.78, 5) is 15.9. The molecule has 2 aromatic heterocycles. The van der Waals surface area contributed by atoms with Gasteiger partial charge >= 0.3 is 0 Å². The lowest BCUT2D eigenvalue weighted by atomic mass is 10.2. The Morgan fingerprint density at radius 3 is 3.05 bits per heavy atom. The van der Waals surface area contributed by atoms with E-state index in [1.54, 1.807) is 10.7 Å². The molecule has 0 aliphatic carbocycles. The highest BCUT2D eigenvalue weighted by molar-refractivity contribution is 5.76. The van der Waals surface area contributed by atoms with Crippen LogP contribution in [0.2, 0.25) is 0 Å². The number of fused-ring (bicyclic) bond motifs is 1. The molecule has 0 aliphatic rings. The summed E-state index contributed by atoms with van der Waals surface area (Å²) in [5.74, 6) is 1.29. The first-order chi connectivity index (χ1) is 9.15. The summed E-state index contributed by atoms with van der Waals surface area (Å²) < 4.78 is 1.69. The van der Waals surface area contributed by atoms with Gasteiger partial charge in [-0.25, -0.2) is 9.50 Å². The Morgan fingerprint density at radius 1 is 1.42 bits per heavy atom. The lowest BCUT2D eigenvalue weighted by molar-refractivity contribution is -0.120. The summed E-state index contributed by atoms with van der Waals surface area (Å²) in [6.07, 6.45) is 3.98. The van der Waals surface area contributed by atoms with Gasteiger partial charge in [0.25, 0.3) is 0 Å². The maximum Gasteiger partial charge on any atom is 0.221 e. The average molecular weight is 261 g/mol. The van der Waals surface area contributed by atoms with Crippen LogP contribution in [0.3, 0.4) is 0 Å². The average Bonchev–Trinajstić information content (AvgIpc) is 2.83. The standard InChI is InChI=1S/C13H19N5O/c1-10(2)9-15-13(19)4-6-14-11-5-8-18-12(17-11)3-7-16-18/h3,5,7-8,10H,4,6,9H2,1-2H3,(H,14,17)(H,15,19). The molecule has 2 aromatic rings. The first kappa shape index (κ1) is 13.3. The Kier molecular flexibility index (Phi) is 4.33. The van der Waals surface area contributed by atoms with Gasteiger partial charge in [0.05, 0.1) is 6.20 Å². The van der Waals surface area contributed by atoms with Gasteiger partial charge in [0, 0.05) is 31.8 Å². The van der Waals surface area contributed by atoms with E-state index in [-0.39, 0.29) is 5.91 Å². The molecule has 2 heterocycles. The van der Waals surface area contributed by atoms with E-state index >= 15 is 0 Å². The molecule has 6 heteroatoms. The molecule has 0 fully saturated rings. The van der Waals surface area contributed by atoms with Crippen molar-refractivity contribution in [1.29, 1.82) is 0 Å². The Balaban J connectivity index is 1.77. The molecule has 2 rings (SSSR count). The zero-order valence-electron chi connectivity index (χ0n) is 11.3. The van der Waals surface area contributed by atoms with Crippen LogP contribution in [0.1, 0.15) is 20.3 Å². The lowest BCUT2D eigenvalue weighted by Crippen LogP contribution is -2.28. The summed E-state index contributed by atoms with van der Waals surface area (Å²) in [6, 6.07) is 3.67. The maximum atomic E-state index is 11.5. The summed E-state index contributed by atoms with van der Waals surface area (Å²) >= 11 is 0. The van der Waals surface area contributed by atoms with Gasteiger partial charge < -0.3 is 10.6 Å². The number of carbonyl (C=O) groups excluding carboxylic acids is 1. The molecule has 19 heavy (non-hydrogen) atoms. The monoisotopic (exact) mass is 261 g/mol. The van der Waals surface area contributed by atoms with Crippen LogP contribution in [0.25, 0.3) is 5.65 Å². The summed E-state index contributed by atoms with van der Waals surface area (Å²) in [7, 11) is 0. The number of nitrogens with one attached hydrogen (secondary N) is 2. The zero-order valence-corrected chi connectivity index (χ0v) is 11.3. The number of amides is 1. The fourth-order valence-corrected chi connectivity index (χ4v) is 1.62. The second-order valence-electron chi connectivity index (χ2n) is 4.82. The molecule has 2 N–H and O–H groups in total. The second-order valence-corrected chi connectivity index (χ2v) is 4.82. The van der Waals surface area contributed by atoms with E-state index in [9.17, 15) is 4.79 Å². The van der Waals surface area contributed by atoms with Crippen LogP contribution < -0.4 is 10.6 Å². The van der Waals surface area contributed by atoms with Crippen molar-refractivity contribution in [2.75, 3.05) is 18.4 Å². The fourth-order valence-electron chi connectivity index (χ4n) is 1.62. The predicted molar refractivity (Wildman–Crippen MR) is 73.9 cm³/mol. The maximum absolute atomic E-state index is 11.5. The number of aromatic nitrogens is 3. The smallest absolute Gasteiger partial charge is 0.221 e. The third kappa shape index (κ3) is 3.94. The number of hydrogen-bond donors (Lipinski definition) is 2. The van der Waals surface area contributed by atoms with Crippen molar-refractivity contribution >= 4 is 17.4 Å². The molecule has 0 unspecified atom stereocenters. The van der Waals surface area contributed by atoms with E-state index in [0.29, 0.717) is 18.9 Å². The summed E-state index contributed by atoms with van der Waals surface area (Å²) in [6.45, 7) is 5.44. The Bertz CT molecular complexity index is 549. The highest BCUT2D eigenvalue weighted by Gasteiger charge is 2.03. The van der Waals surface area contributed by atoms with E-state index in [4.69, 9.17) is 0 Å². The molecule has 0 saturated carbocycles. The number of carbonyl (C=O) groups is 1. The van der Waals surface area contributed by atoms with E-state index < -0.39 is 0 Å². The molecule has 0 saturated heterocycles. The molecule has 0 spiro atoms. The quantitative estimate of drug-likeness (QED) is 0.822. The van der Waals surface area contributed by atoms with Gasteiger partial charge in [0.15, 0.2) is 5.65 Å². The third-order valence-electron chi connectivity index (χ3n) is 2.62. The molecule has 0 aromatic carbocycles. The molecule has 0 aliphatic heterocycles. The SMILES string of the molecule is CC(C)CNC(=O)CCNc1ccn2nccc2n1. The van der Waals surface area contributed by atoms with Crippen LogP contribution in [-0.2, 0) is 4.79 Å². The Labute approximate surface area is 112 Å². The van der Waals surface area contributed by atoms with Gasteiger partial charge in [0.2, 0.25) is 5.91 Å². The van der Waals surface area contributed by atoms with Gasteiger partial charge in [0.1, 0.15) is 5.82 Å². The molecular formula is C13H19N5O. The van der Waals surface area contributed by atoms with Crippen molar-refractivity contribution in [3.05, 3.63) is 24.5 Å². The second kappa shape index (κ2) is 6.17. The largest absolute Gasteiger partial charge is 0.369 e. The molecular weight excluding hydrogens is 242 g/mol. The zero-order chi connectivity index (χ0) is 13.7. The van der Waals surface area contributed by atoms with Crippen molar-refractivity contribution in [3.8, 4) is 0 Å².